The molecule has 0 unspecified atom stereocenters. The molecule has 2 amide bonds. The number of anilines is 2. The molecule has 5 nitrogen and oxygen atoms in total. The van der Waals surface area contributed by atoms with Gasteiger partial charge in [0, 0.05) is 24.4 Å². The standard InChI is InChI=1S/C15H17N3O2S/c1-16-13-5-3-4-6-14(13)18(10-19)8-12-7-11(9-21-12)15(20)17-2/h3-7,9-10,16H,8H2,1-2H3,(H,17,20). The first-order chi connectivity index (χ1) is 10.2. The Bertz CT molecular complexity index is 639. The average Bonchev–Trinajstić information content (AvgIpc) is 3.00. The van der Waals surface area contributed by atoms with Crippen molar-refractivity contribution in [3.63, 3.8) is 0 Å². The van der Waals surface area contributed by atoms with E-state index < -0.39 is 0 Å². The number of carbonyl (C=O) groups is 2. The highest BCUT2D eigenvalue weighted by atomic mass is 32.1. The molecule has 0 fully saturated rings. The van der Waals surface area contributed by atoms with Crippen LogP contribution in [0.5, 0.6) is 0 Å². The fraction of sp³-hybridized carbons (Fsp3) is 0.200. The largest absolute Gasteiger partial charge is 0.386 e. The van der Waals surface area contributed by atoms with E-state index in [4.69, 9.17) is 0 Å². The van der Waals surface area contributed by atoms with Crippen LogP contribution in [0, 0.1) is 0 Å². The van der Waals surface area contributed by atoms with Gasteiger partial charge in [-0.05, 0) is 18.2 Å². The van der Waals surface area contributed by atoms with E-state index in [1.807, 2.05) is 37.4 Å². The summed E-state index contributed by atoms with van der Waals surface area (Å²) >= 11 is 1.46. The van der Waals surface area contributed by atoms with Crippen LogP contribution in [0.4, 0.5) is 11.4 Å². The van der Waals surface area contributed by atoms with Crippen LogP contribution in [0.25, 0.3) is 0 Å². The van der Waals surface area contributed by atoms with Gasteiger partial charge in [-0.15, -0.1) is 11.3 Å². The number of nitrogens with zero attached hydrogens (tertiary/aromatic N) is 1. The molecular weight excluding hydrogens is 286 g/mol. The van der Waals surface area contributed by atoms with Gasteiger partial charge in [-0.2, -0.15) is 0 Å². The van der Waals surface area contributed by atoms with Gasteiger partial charge in [0.2, 0.25) is 6.41 Å². The first-order valence-electron chi connectivity index (χ1n) is 6.47. The summed E-state index contributed by atoms with van der Waals surface area (Å²) in [5.41, 5.74) is 2.31. The molecule has 0 atom stereocenters. The minimum Gasteiger partial charge on any atom is -0.386 e. The van der Waals surface area contributed by atoms with Crippen LogP contribution in [0.1, 0.15) is 15.2 Å². The maximum absolute atomic E-state index is 11.6. The van der Waals surface area contributed by atoms with Gasteiger partial charge >= 0.3 is 0 Å². The first kappa shape index (κ1) is 15.1. The van der Waals surface area contributed by atoms with Crippen molar-refractivity contribution in [1.29, 1.82) is 0 Å². The van der Waals surface area contributed by atoms with Crippen molar-refractivity contribution in [2.45, 2.75) is 6.54 Å². The molecule has 2 rings (SSSR count). The molecule has 1 aromatic carbocycles. The minimum absolute atomic E-state index is 0.120. The van der Waals surface area contributed by atoms with Crippen molar-refractivity contribution in [3.8, 4) is 0 Å². The van der Waals surface area contributed by atoms with Crippen LogP contribution in [0.15, 0.2) is 35.7 Å². The predicted octanol–water partition coefficient (Wildman–Crippen LogP) is 2.31. The van der Waals surface area contributed by atoms with Crippen molar-refractivity contribution in [1.82, 2.24) is 5.32 Å². The van der Waals surface area contributed by atoms with E-state index in [9.17, 15) is 9.59 Å². The van der Waals surface area contributed by atoms with Crippen LogP contribution in [0.3, 0.4) is 0 Å². The fourth-order valence-corrected chi connectivity index (χ4v) is 2.87. The second kappa shape index (κ2) is 6.90. The molecule has 0 spiro atoms. The number of hydrogen-bond donors (Lipinski definition) is 2. The Morgan fingerprint density at radius 3 is 2.76 bits per heavy atom. The van der Waals surface area contributed by atoms with E-state index in [-0.39, 0.29) is 5.91 Å². The quantitative estimate of drug-likeness (QED) is 0.805. The molecule has 0 aliphatic rings. The van der Waals surface area contributed by atoms with Crippen LogP contribution in [-0.2, 0) is 11.3 Å². The van der Waals surface area contributed by atoms with Crippen molar-refractivity contribution >= 4 is 35.0 Å². The predicted molar refractivity (Wildman–Crippen MR) is 85.9 cm³/mol. The molecule has 2 aromatic rings. The molecular formula is C15H17N3O2S. The molecule has 2 N–H and O–H groups in total. The molecule has 110 valence electrons. The van der Waals surface area contributed by atoms with Crippen LogP contribution in [-0.4, -0.2) is 26.4 Å². The molecule has 21 heavy (non-hydrogen) atoms. The summed E-state index contributed by atoms with van der Waals surface area (Å²) in [5.74, 6) is -0.120. The summed E-state index contributed by atoms with van der Waals surface area (Å²) in [5, 5.41) is 7.45. The lowest BCUT2D eigenvalue weighted by molar-refractivity contribution is -0.107. The highest BCUT2D eigenvalue weighted by Crippen LogP contribution is 2.27. The summed E-state index contributed by atoms with van der Waals surface area (Å²) in [6.07, 6.45) is 0.801. The van der Waals surface area contributed by atoms with E-state index in [1.165, 1.54) is 11.3 Å². The highest BCUT2D eigenvalue weighted by molar-refractivity contribution is 7.10. The fourth-order valence-electron chi connectivity index (χ4n) is 2.01. The summed E-state index contributed by atoms with van der Waals surface area (Å²) in [6.45, 7) is 0.434. The van der Waals surface area contributed by atoms with Gasteiger partial charge < -0.3 is 15.5 Å². The molecule has 6 heteroatoms. The Morgan fingerprint density at radius 2 is 2.10 bits per heavy atom. The van der Waals surface area contributed by atoms with Crippen molar-refractivity contribution in [2.24, 2.45) is 0 Å². The average molecular weight is 303 g/mol. The molecule has 0 aliphatic heterocycles. The molecule has 0 bridgehead atoms. The Balaban J connectivity index is 2.21. The maximum Gasteiger partial charge on any atom is 0.251 e. The van der Waals surface area contributed by atoms with E-state index in [0.717, 1.165) is 22.7 Å². The highest BCUT2D eigenvalue weighted by Gasteiger charge is 2.13. The second-order valence-corrected chi connectivity index (χ2v) is 5.38. The van der Waals surface area contributed by atoms with Crippen molar-refractivity contribution in [3.05, 3.63) is 46.2 Å². The van der Waals surface area contributed by atoms with E-state index >= 15 is 0 Å². The van der Waals surface area contributed by atoms with E-state index in [0.29, 0.717) is 12.1 Å². The lowest BCUT2D eigenvalue weighted by Crippen LogP contribution is -2.21. The second-order valence-electron chi connectivity index (χ2n) is 4.38. The zero-order valence-corrected chi connectivity index (χ0v) is 12.7. The Kier molecular flexibility index (Phi) is 4.94. The van der Waals surface area contributed by atoms with Gasteiger partial charge in [-0.25, -0.2) is 0 Å². The lowest BCUT2D eigenvalue weighted by Gasteiger charge is -2.19. The molecule has 1 aromatic heterocycles. The molecule has 0 saturated carbocycles. The van der Waals surface area contributed by atoms with E-state index in [1.54, 1.807) is 17.3 Å². The SMILES string of the molecule is CNC(=O)c1csc(CN(C=O)c2ccccc2NC)c1. The number of nitrogens with one attached hydrogen (secondary N) is 2. The van der Waals surface area contributed by atoms with Crippen LogP contribution in [0.2, 0.25) is 0 Å². The Labute approximate surface area is 127 Å². The smallest absolute Gasteiger partial charge is 0.251 e. The molecule has 0 radical (unpaired) electrons. The molecule has 0 aliphatic carbocycles. The number of amides is 2. The monoisotopic (exact) mass is 303 g/mol. The summed E-state index contributed by atoms with van der Waals surface area (Å²) in [4.78, 5) is 25.5. The number of hydrogen-bond acceptors (Lipinski definition) is 4. The van der Waals surface area contributed by atoms with Crippen molar-refractivity contribution in [2.75, 3.05) is 24.3 Å². The number of rotatable bonds is 6. The molecule has 1 heterocycles. The summed E-state index contributed by atoms with van der Waals surface area (Å²) in [7, 11) is 3.41. The Morgan fingerprint density at radius 1 is 1.33 bits per heavy atom. The van der Waals surface area contributed by atoms with Gasteiger partial charge in [0.1, 0.15) is 0 Å². The minimum atomic E-state index is -0.120. The van der Waals surface area contributed by atoms with Crippen LogP contribution < -0.4 is 15.5 Å². The number of benzene rings is 1. The number of carbonyl (C=O) groups excluding carboxylic acids is 2. The molecule has 0 saturated heterocycles. The van der Waals surface area contributed by atoms with Gasteiger partial charge in [-0.1, -0.05) is 12.1 Å². The van der Waals surface area contributed by atoms with Gasteiger partial charge in [0.05, 0.1) is 23.5 Å². The topological polar surface area (TPSA) is 61.4 Å². The summed E-state index contributed by atoms with van der Waals surface area (Å²) < 4.78 is 0. The third-order valence-electron chi connectivity index (χ3n) is 3.08. The van der Waals surface area contributed by atoms with Crippen molar-refractivity contribution < 1.29 is 9.59 Å². The normalized spacial score (nSPS) is 10.0. The maximum atomic E-state index is 11.6. The van der Waals surface area contributed by atoms with E-state index in [2.05, 4.69) is 10.6 Å². The zero-order chi connectivity index (χ0) is 15.2. The number of para-hydroxylation sites is 2. The van der Waals surface area contributed by atoms with Gasteiger partial charge in [0.25, 0.3) is 5.91 Å². The number of thiophene rings is 1. The van der Waals surface area contributed by atoms with Gasteiger partial charge in [0.15, 0.2) is 0 Å². The van der Waals surface area contributed by atoms with Crippen LogP contribution >= 0.6 is 11.3 Å². The first-order valence-corrected chi connectivity index (χ1v) is 7.35. The Hall–Kier alpha value is -2.34. The third kappa shape index (κ3) is 3.41. The van der Waals surface area contributed by atoms with Gasteiger partial charge in [-0.3, -0.25) is 9.59 Å². The third-order valence-corrected chi connectivity index (χ3v) is 4.00. The zero-order valence-electron chi connectivity index (χ0n) is 11.9. The summed E-state index contributed by atoms with van der Waals surface area (Å²) in [6, 6.07) is 9.40. The lowest BCUT2D eigenvalue weighted by atomic mass is 10.2.